The summed E-state index contributed by atoms with van der Waals surface area (Å²) in [6, 6.07) is 0. The first-order valence-corrected chi connectivity index (χ1v) is 4.72. The summed E-state index contributed by atoms with van der Waals surface area (Å²) < 4.78 is 10.6. The van der Waals surface area contributed by atoms with Crippen LogP contribution in [0.25, 0.3) is 0 Å². The van der Waals surface area contributed by atoms with E-state index in [-0.39, 0.29) is 0 Å². The van der Waals surface area contributed by atoms with Crippen LogP contribution in [0.1, 0.15) is 18.2 Å². The number of likely N-dealkylation sites (N-methyl/N-ethyl adjacent to an activating group) is 1. The average molecular weight is 183 g/mol. The van der Waals surface area contributed by atoms with Crippen LogP contribution < -0.4 is 9.64 Å². The maximum atomic E-state index is 5.37. The largest absolute Gasteiger partial charge is 0.475 e. The van der Waals surface area contributed by atoms with E-state index < -0.39 is 0 Å². The molecule has 0 saturated heterocycles. The number of quaternary nitrogens is 1. The Morgan fingerprint density at radius 3 is 3.23 bits per heavy atom. The van der Waals surface area contributed by atoms with Crippen LogP contribution in [0.2, 0.25) is 0 Å². The van der Waals surface area contributed by atoms with Gasteiger partial charge in [0, 0.05) is 0 Å². The molecule has 1 aliphatic heterocycles. The fourth-order valence-corrected chi connectivity index (χ4v) is 1.66. The van der Waals surface area contributed by atoms with Crippen LogP contribution in [0, 0.1) is 0 Å². The van der Waals surface area contributed by atoms with Crippen molar-refractivity contribution in [3.05, 3.63) is 11.3 Å². The zero-order valence-corrected chi connectivity index (χ0v) is 8.09. The number of hydrogen-bond acceptors (Lipinski definition) is 3. The minimum absolute atomic E-state index is 0.651. The molecular formula is C9H15N2O2+. The summed E-state index contributed by atoms with van der Waals surface area (Å²) in [4.78, 5) is 1.48. The Bertz CT molecular complexity index is 296. The molecule has 2 rings (SSSR count). The topological polar surface area (TPSA) is 39.7 Å². The quantitative estimate of drug-likeness (QED) is 0.681. The first-order valence-electron chi connectivity index (χ1n) is 4.72. The first kappa shape index (κ1) is 8.56. The molecule has 13 heavy (non-hydrogen) atoms. The Labute approximate surface area is 77.5 Å². The van der Waals surface area contributed by atoms with Crippen LogP contribution in [0.4, 0.5) is 0 Å². The molecule has 0 radical (unpaired) electrons. The minimum Gasteiger partial charge on any atom is -0.475 e. The molecule has 0 aromatic carbocycles. The van der Waals surface area contributed by atoms with Crippen LogP contribution in [0.5, 0.6) is 5.88 Å². The van der Waals surface area contributed by atoms with Gasteiger partial charge in [-0.2, -0.15) is 0 Å². The van der Waals surface area contributed by atoms with Gasteiger partial charge in [0.15, 0.2) is 5.76 Å². The molecule has 0 fully saturated rings. The lowest BCUT2D eigenvalue weighted by Crippen LogP contribution is -3.08. The maximum Gasteiger partial charge on any atom is 0.263 e. The number of nitrogens with one attached hydrogen (secondary N) is 1. The molecule has 1 N–H and O–H groups in total. The summed E-state index contributed by atoms with van der Waals surface area (Å²) in [6.07, 6.45) is 0.973. The normalized spacial score (nSPS) is 21.2. The lowest BCUT2D eigenvalue weighted by atomic mass is 10.1. The Hall–Kier alpha value is -1.03. The molecule has 4 nitrogen and oxygen atoms in total. The van der Waals surface area contributed by atoms with Crippen molar-refractivity contribution in [2.75, 3.05) is 20.2 Å². The second-order valence-corrected chi connectivity index (χ2v) is 3.46. The highest BCUT2D eigenvalue weighted by Crippen LogP contribution is 2.22. The van der Waals surface area contributed by atoms with E-state index in [2.05, 4.69) is 12.2 Å². The predicted molar refractivity (Wildman–Crippen MR) is 46.8 cm³/mol. The highest BCUT2D eigenvalue weighted by Gasteiger charge is 2.25. The number of ether oxygens (including phenoxy) is 1. The molecule has 72 valence electrons. The molecule has 4 heteroatoms. The summed E-state index contributed by atoms with van der Waals surface area (Å²) in [5, 5.41) is 3.91. The lowest BCUT2D eigenvalue weighted by molar-refractivity contribution is -0.896. The van der Waals surface area contributed by atoms with Crippen molar-refractivity contribution in [3.63, 3.8) is 0 Å². The van der Waals surface area contributed by atoms with Crippen molar-refractivity contribution >= 4 is 0 Å². The third-order valence-electron chi connectivity index (χ3n) is 2.37. The van der Waals surface area contributed by atoms with E-state index in [1.165, 1.54) is 4.90 Å². The maximum absolute atomic E-state index is 5.37. The molecule has 0 amide bonds. The van der Waals surface area contributed by atoms with E-state index in [0.717, 1.165) is 30.8 Å². The van der Waals surface area contributed by atoms with Crippen molar-refractivity contribution in [2.24, 2.45) is 0 Å². The monoisotopic (exact) mass is 183 g/mol. The summed E-state index contributed by atoms with van der Waals surface area (Å²) in [6.45, 7) is 4.69. The molecule has 0 spiro atoms. The Morgan fingerprint density at radius 1 is 1.62 bits per heavy atom. The van der Waals surface area contributed by atoms with E-state index in [1.54, 1.807) is 0 Å². The van der Waals surface area contributed by atoms with E-state index in [4.69, 9.17) is 9.26 Å². The molecule has 1 unspecified atom stereocenters. The molecule has 1 aromatic heterocycles. The molecule has 1 atom stereocenters. The highest BCUT2D eigenvalue weighted by molar-refractivity contribution is 5.28. The predicted octanol–water partition coefficient (Wildman–Crippen LogP) is -0.356. The van der Waals surface area contributed by atoms with Gasteiger partial charge in [-0.15, -0.1) is 0 Å². The Balaban J connectivity index is 2.25. The number of rotatable bonds is 2. The van der Waals surface area contributed by atoms with Crippen molar-refractivity contribution in [1.29, 1.82) is 0 Å². The SMILES string of the molecule is CCOc1noc2c1C[NH+](C)CC2. The van der Waals surface area contributed by atoms with Gasteiger partial charge in [-0.1, -0.05) is 0 Å². The van der Waals surface area contributed by atoms with Gasteiger partial charge in [-0.3, -0.25) is 0 Å². The van der Waals surface area contributed by atoms with Crippen LogP contribution in [0.15, 0.2) is 4.52 Å². The number of nitrogens with zero attached hydrogens (tertiary/aromatic N) is 1. The molecule has 2 heterocycles. The average Bonchev–Trinajstić information content (AvgIpc) is 2.49. The third-order valence-corrected chi connectivity index (χ3v) is 2.37. The van der Waals surface area contributed by atoms with E-state index in [0.29, 0.717) is 12.5 Å². The zero-order valence-electron chi connectivity index (χ0n) is 8.09. The lowest BCUT2D eigenvalue weighted by Gasteiger charge is -2.17. The first-order chi connectivity index (χ1) is 6.31. The number of hydrogen-bond donors (Lipinski definition) is 1. The van der Waals surface area contributed by atoms with Crippen molar-refractivity contribution in [3.8, 4) is 5.88 Å². The summed E-state index contributed by atoms with van der Waals surface area (Å²) in [5.41, 5.74) is 1.16. The van der Waals surface area contributed by atoms with Gasteiger partial charge >= 0.3 is 0 Å². The molecule has 0 aliphatic carbocycles. The van der Waals surface area contributed by atoms with E-state index >= 15 is 0 Å². The number of fused-ring (bicyclic) bond motifs is 1. The molecule has 0 saturated carbocycles. The van der Waals surface area contributed by atoms with Crippen LogP contribution in [-0.4, -0.2) is 25.4 Å². The van der Waals surface area contributed by atoms with Crippen molar-refractivity contribution in [1.82, 2.24) is 5.16 Å². The molecular weight excluding hydrogens is 168 g/mol. The van der Waals surface area contributed by atoms with Crippen LogP contribution in [-0.2, 0) is 13.0 Å². The van der Waals surface area contributed by atoms with Gasteiger partial charge in [0.05, 0.1) is 26.6 Å². The third kappa shape index (κ3) is 1.54. The molecule has 1 aromatic rings. The highest BCUT2D eigenvalue weighted by atomic mass is 16.5. The second kappa shape index (κ2) is 3.38. The van der Waals surface area contributed by atoms with Gasteiger partial charge < -0.3 is 14.2 Å². The fourth-order valence-electron chi connectivity index (χ4n) is 1.66. The van der Waals surface area contributed by atoms with E-state index in [1.807, 2.05) is 6.92 Å². The molecule has 1 aliphatic rings. The zero-order chi connectivity index (χ0) is 9.26. The standard InChI is InChI=1S/C9H14N2O2/c1-3-12-9-7-6-11(2)5-4-8(7)13-10-9/h3-6H2,1-2H3/p+1. The second-order valence-electron chi connectivity index (χ2n) is 3.46. The van der Waals surface area contributed by atoms with Crippen molar-refractivity contribution in [2.45, 2.75) is 19.9 Å². The fraction of sp³-hybridized carbons (Fsp3) is 0.667. The minimum atomic E-state index is 0.651. The van der Waals surface area contributed by atoms with Crippen LogP contribution >= 0.6 is 0 Å². The van der Waals surface area contributed by atoms with Gasteiger partial charge in [0.25, 0.3) is 5.88 Å². The summed E-state index contributed by atoms with van der Waals surface area (Å²) in [7, 11) is 2.17. The number of aromatic nitrogens is 1. The van der Waals surface area contributed by atoms with Gasteiger partial charge in [-0.05, 0) is 12.1 Å². The Kier molecular flexibility index (Phi) is 2.22. The van der Waals surface area contributed by atoms with Crippen molar-refractivity contribution < 1.29 is 14.2 Å². The van der Waals surface area contributed by atoms with E-state index in [9.17, 15) is 0 Å². The van der Waals surface area contributed by atoms with Crippen LogP contribution in [0.3, 0.4) is 0 Å². The Morgan fingerprint density at radius 2 is 2.46 bits per heavy atom. The summed E-state index contributed by atoms with van der Waals surface area (Å²) >= 11 is 0. The summed E-state index contributed by atoms with van der Waals surface area (Å²) in [5.74, 6) is 1.70. The molecule has 0 bridgehead atoms. The smallest absolute Gasteiger partial charge is 0.263 e. The van der Waals surface area contributed by atoms with Gasteiger partial charge in [0.1, 0.15) is 12.1 Å². The van der Waals surface area contributed by atoms with Gasteiger partial charge in [-0.25, -0.2) is 0 Å². The van der Waals surface area contributed by atoms with Gasteiger partial charge in [0.2, 0.25) is 0 Å².